The van der Waals surface area contributed by atoms with Crippen LogP contribution in [-0.4, -0.2) is 33.3 Å². The molecule has 0 radical (unpaired) electrons. The number of rotatable bonds is 5. The Hall–Kier alpha value is -2.66. The van der Waals surface area contributed by atoms with Gasteiger partial charge in [-0.15, -0.1) is 11.6 Å². The number of nitrogens with zero attached hydrogens (tertiary/aromatic N) is 3. The number of alkyl halides is 1. The van der Waals surface area contributed by atoms with Crippen LogP contribution in [0.15, 0.2) is 59.4 Å². The van der Waals surface area contributed by atoms with Gasteiger partial charge < -0.3 is 4.90 Å². The van der Waals surface area contributed by atoms with Crippen molar-refractivity contribution < 1.29 is 4.79 Å². The first-order chi connectivity index (χ1) is 13.3. The summed E-state index contributed by atoms with van der Waals surface area (Å²) in [6, 6.07) is 16.2. The highest BCUT2D eigenvalue weighted by Crippen LogP contribution is 2.27. The minimum atomic E-state index is -0.709. The fourth-order valence-electron chi connectivity index (χ4n) is 3.14. The molecule has 0 aliphatic rings. The minimum Gasteiger partial charge on any atom is -0.335 e. The molecule has 1 heterocycles. The second-order valence-corrected chi connectivity index (χ2v) is 7.84. The van der Waals surface area contributed by atoms with E-state index in [2.05, 4.69) is 0 Å². The second-order valence-electron chi connectivity index (χ2n) is 7.57. The number of para-hydroxylation sites is 2. The van der Waals surface area contributed by atoms with E-state index < -0.39 is 11.5 Å². The van der Waals surface area contributed by atoms with Crippen LogP contribution in [0.2, 0.25) is 0 Å². The van der Waals surface area contributed by atoms with Crippen LogP contribution in [0.5, 0.6) is 0 Å². The lowest BCUT2D eigenvalue weighted by atomic mass is 9.94. The van der Waals surface area contributed by atoms with Crippen LogP contribution in [0, 0.1) is 5.41 Å². The molecule has 0 spiro atoms. The van der Waals surface area contributed by atoms with Crippen molar-refractivity contribution in [1.29, 1.82) is 0 Å². The standard InChI is InChI=1S/C22H24ClN3O2/c1-15(25(4)21(28)22(2,3)14-23)19-24-18-13-9-8-12-17(18)20(27)26(19)16-10-6-5-7-11-16/h5-13,15H,14H2,1-4H3. The fourth-order valence-corrected chi connectivity index (χ4v) is 3.25. The number of halogens is 1. The Morgan fingerprint density at radius 2 is 1.75 bits per heavy atom. The molecule has 5 nitrogen and oxygen atoms in total. The highest BCUT2D eigenvalue weighted by molar-refractivity contribution is 6.19. The number of fused-ring (bicyclic) bond motifs is 1. The number of hydrogen-bond acceptors (Lipinski definition) is 3. The van der Waals surface area contributed by atoms with Gasteiger partial charge in [0.05, 0.1) is 28.0 Å². The Balaban J connectivity index is 2.22. The number of hydrogen-bond donors (Lipinski definition) is 0. The van der Waals surface area contributed by atoms with Gasteiger partial charge in [-0.25, -0.2) is 4.98 Å². The SMILES string of the molecule is CC(c1nc2ccccc2c(=O)n1-c1ccccc1)N(C)C(=O)C(C)(C)CCl. The number of amides is 1. The molecule has 0 saturated carbocycles. The van der Waals surface area contributed by atoms with Crippen molar-refractivity contribution in [2.24, 2.45) is 5.41 Å². The van der Waals surface area contributed by atoms with Gasteiger partial charge in [-0.2, -0.15) is 0 Å². The van der Waals surface area contributed by atoms with E-state index in [9.17, 15) is 9.59 Å². The molecule has 3 rings (SSSR count). The van der Waals surface area contributed by atoms with Crippen LogP contribution >= 0.6 is 11.6 Å². The smallest absolute Gasteiger partial charge is 0.266 e. The quantitative estimate of drug-likeness (QED) is 0.607. The van der Waals surface area contributed by atoms with Crippen LogP contribution in [-0.2, 0) is 4.79 Å². The molecule has 3 aromatic rings. The summed E-state index contributed by atoms with van der Waals surface area (Å²) >= 11 is 5.99. The Bertz CT molecular complexity index is 1060. The van der Waals surface area contributed by atoms with Gasteiger partial charge in [-0.05, 0) is 45.0 Å². The van der Waals surface area contributed by atoms with E-state index in [1.54, 1.807) is 22.6 Å². The third-order valence-electron chi connectivity index (χ3n) is 5.00. The summed E-state index contributed by atoms with van der Waals surface area (Å²) < 4.78 is 1.59. The van der Waals surface area contributed by atoms with Crippen molar-refractivity contribution in [2.45, 2.75) is 26.8 Å². The Morgan fingerprint density at radius 3 is 2.39 bits per heavy atom. The summed E-state index contributed by atoms with van der Waals surface area (Å²) in [5.74, 6) is 0.618. The van der Waals surface area contributed by atoms with Crippen LogP contribution in [0.4, 0.5) is 0 Å². The summed E-state index contributed by atoms with van der Waals surface area (Å²) in [4.78, 5) is 32.6. The van der Waals surface area contributed by atoms with Gasteiger partial charge in [-0.1, -0.05) is 30.3 Å². The molecule has 1 aromatic heterocycles. The summed E-state index contributed by atoms with van der Waals surface area (Å²) in [6.45, 7) is 5.49. The highest BCUT2D eigenvalue weighted by Gasteiger charge is 2.33. The Morgan fingerprint density at radius 1 is 1.14 bits per heavy atom. The molecule has 1 unspecified atom stereocenters. The summed E-state index contributed by atoms with van der Waals surface area (Å²) in [6.07, 6.45) is 0. The topological polar surface area (TPSA) is 55.2 Å². The van der Waals surface area contributed by atoms with E-state index in [1.807, 2.05) is 69.3 Å². The molecule has 2 aromatic carbocycles. The van der Waals surface area contributed by atoms with Crippen LogP contribution < -0.4 is 5.56 Å². The maximum Gasteiger partial charge on any atom is 0.266 e. The summed E-state index contributed by atoms with van der Waals surface area (Å²) in [7, 11) is 1.72. The van der Waals surface area contributed by atoms with Crippen molar-refractivity contribution in [3.8, 4) is 5.69 Å². The second kappa shape index (κ2) is 7.76. The molecular weight excluding hydrogens is 374 g/mol. The van der Waals surface area contributed by atoms with Gasteiger partial charge in [-0.3, -0.25) is 14.2 Å². The third kappa shape index (κ3) is 3.54. The first kappa shape index (κ1) is 20.1. The molecule has 0 bridgehead atoms. The van der Waals surface area contributed by atoms with Gasteiger partial charge in [0.25, 0.3) is 5.56 Å². The zero-order valence-electron chi connectivity index (χ0n) is 16.5. The molecule has 0 aliphatic heterocycles. The molecule has 1 amide bonds. The lowest BCUT2D eigenvalue weighted by Gasteiger charge is -2.32. The average molecular weight is 398 g/mol. The van der Waals surface area contributed by atoms with E-state index in [0.29, 0.717) is 22.4 Å². The van der Waals surface area contributed by atoms with Gasteiger partial charge in [0.1, 0.15) is 5.82 Å². The maximum absolute atomic E-state index is 13.3. The monoisotopic (exact) mass is 397 g/mol. The number of carbonyl (C=O) groups is 1. The van der Waals surface area contributed by atoms with Crippen molar-refractivity contribution in [3.63, 3.8) is 0 Å². The molecular formula is C22H24ClN3O2. The minimum absolute atomic E-state index is 0.1000. The Labute approximate surface area is 169 Å². The van der Waals surface area contributed by atoms with Crippen molar-refractivity contribution >= 4 is 28.4 Å². The first-order valence-corrected chi connectivity index (χ1v) is 9.71. The van der Waals surface area contributed by atoms with Crippen LogP contribution in [0.3, 0.4) is 0 Å². The lowest BCUT2D eigenvalue weighted by molar-refractivity contribution is -0.140. The van der Waals surface area contributed by atoms with E-state index in [4.69, 9.17) is 16.6 Å². The Kier molecular flexibility index (Phi) is 5.57. The van der Waals surface area contributed by atoms with E-state index in [0.717, 1.165) is 0 Å². The molecule has 28 heavy (non-hydrogen) atoms. The highest BCUT2D eigenvalue weighted by atomic mass is 35.5. The predicted molar refractivity (Wildman–Crippen MR) is 113 cm³/mol. The number of benzene rings is 2. The molecule has 1 atom stereocenters. The van der Waals surface area contributed by atoms with Gasteiger partial charge in [0.15, 0.2) is 0 Å². The number of aromatic nitrogens is 2. The molecule has 6 heteroatoms. The van der Waals surface area contributed by atoms with E-state index in [-0.39, 0.29) is 17.3 Å². The van der Waals surface area contributed by atoms with E-state index in [1.165, 1.54) is 0 Å². The number of carbonyl (C=O) groups excluding carboxylic acids is 1. The predicted octanol–water partition coefficient (Wildman–Crippen LogP) is 4.17. The largest absolute Gasteiger partial charge is 0.335 e. The van der Waals surface area contributed by atoms with Gasteiger partial charge >= 0.3 is 0 Å². The summed E-state index contributed by atoms with van der Waals surface area (Å²) in [5, 5.41) is 0.539. The molecule has 0 saturated heterocycles. The normalized spacial score (nSPS) is 12.8. The zero-order chi connectivity index (χ0) is 20.5. The van der Waals surface area contributed by atoms with Crippen molar-refractivity contribution in [2.75, 3.05) is 12.9 Å². The zero-order valence-corrected chi connectivity index (χ0v) is 17.3. The molecule has 146 valence electrons. The van der Waals surface area contributed by atoms with Crippen LogP contribution in [0.25, 0.3) is 16.6 Å². The van der Waals surface area contributed by atoms with Gasteiger partial charge in [0.2, 0.25) is 5.91 Å². The molecule has 0 fully saturated rings. The van der Waals surface area contributed by atoms with E-state index >= 15 is 0 Å². The average Bonchev–Trinajstić information content (AvgIpc) is 2.72. The fraction of sp³-hybridized carbons (Fsp3) is 0.318. The molecule has 0 N–H and O–H groups in total. The van der Waals surface area contributed by atoms with Gasteiger partial charge in [0, 0.05) is 12.9 Å². The maximum atomic E-state index is 13.3. The van der Waals surface area contributed by atoms with Crippen LogP contribution in [0.1, 0.15) is 32.6 Å². The van der Waals surface area contributed by atoms with Crippen molar-refractivity contribution in [1.82, 2.24) is 14.5 Å². The summed E-state index contributed by atoms with van der Waals surface area (Å²) in [5.41, 5.74) is 0.458. The third-order valence-corrected chi connectivity index (χ3v) is 5.67. The lowest BCUT2D eigenvalue weighted by Crippen LogP contribution is -2.42. The first-order valence-electron chi connectivity index (χ1n) is 9.18. The van der Waals surface area contributed by atoms with Crippen molar-refractivity contribution in [3.05, 3.63) is 70.8 Å². The molecule has 0 aliphatic carbocycles.